The molecule has 1 fully saturated rings. The van der Waals surface area contributed by atoms with Gasteiger partial charge in [0, 0.05) is 6.61 Å². The van der Waals surface area contributed by atoms with Crippen molar-refractivity contribution in [3.05, 3.63) is 47.5 Å². The fourth-order valence-corrected chi connectivity index (χ4v) is 3.47. The summed E-state index contributed by atoms with van der Waals surface area (Å²) in [4.78, 5) is 0. The van der Waals surface area contributed by atoms with Crippen molar-refractivity contribution in [1.29, 1.82) is 5.26 Å². The highest BCUT2D eigenvalue weighted by molar-refractivity contribution is 5.33. The zero-order valence-corrected chi connectivity index (χ0v) is 14.3. The standard InChI is InChI=1S/C21H29NO/c1-2-3-4-15-23-16-5-6-18-7-11-20(12-8-18)21-13-9-19(17-22)10-14-21/h3-4,9-10,13-14,18,20H,2,5-8,11-12,15-16H2,1H3/b4-3+. The van der Waals surface area contributed by atoms with Crippen LogP contribution >= 0.6 is 0 Å². The van der Waals surface area contributed by atoms with E-state index >= 15 is 0 Å². The van der Waals surface area contributed by atoms with Gasteiger partial charge in [-0.05, 0) is 74.5 Å². The Kier molecular flexibility index (Phi) is 7.90. The predicted octanol–water partition coefficient (Wildman–Crippen LogP) is 5.60. The van der Waals surface area contributed by atoms with E-state index < -0.39 is 0 Å². The number of hydrogen-bond donors (Lipinski definition) is 0. The maximum atomic E-state index is 8.87. The molecule has 0 unspecified atom stereocenters. The van der Waals surface area contributed by atoms with Gasteiger partial charge in [0.1, 0.15) is 0 Å². The minimum absolute atomic E-state index is 0.689. The second kappa shape index (κ2) is 10.2. The van der Waals surface area contributed by atoms with Crippen molar-refractivity contribution in [3.63, 3.8) is 0 Å². The third-order valence-corrected chi connectivity index (χ3v) is 4.88. The first-order valence-electron chi connectivity index (χ1n) is 9.06. The topological polar surface area (TPSA) is 33.0 Å². The van der Waals surface area contributed by atoms with Crippen LogP contribution in [0.4, 0.5) is 0 Å². The zero-order chi connectivity index (χ0) is 16.3. The van der Waals surface area contributed by atoms with E-state index in [1.165, 1.54) is 44.1 Å². The lowest BCUT2D eigenvalue weighted by Crippen LogP contribution is -2.14. The van der Waals surface area contributed by atoms with Gasteiger partial charge in [0.25, 0.3) is 0 Å². The van der Waals surface area contributed by atoms with Crippen LogP contribution in [0.15, 0.2) is 36.4 Å². The first-order chi connectivity index (χ1) is 11.3. The SMILES string of the molecule is CC/C=C/COCCCC1CCC(c2ccc(C#N)cc2)CC1. The maximum absolute atomic E-state index is 8.87. The lowest BCUT2D eigenvalue weighted by molar-refractivity contribution is 0.149. The summed E-state index contributed by atoms with van der Waals surface area (Å²) in [6.45, 7) is 3.80. The summed E-state index contributed by atoms with van der Waals surface area (Å²) in [5.41, 5.74) is 2.17. The molecule has 23 heavy (non-hydrogen) atoms. The Bertz CT molecular complexity index is 504. The lowest BCUT2D eigenvalue weighted by atomic mass is 9.77. The Balaban J connectivity index is 1.62. The Hall–Kier alpha value is -1.59. The van der Waals surface area contributed by atoms with Crippen LogP contribution in [-0.2, 0) is 4.74 Å². The molecule has 0 amide bonds. The smallest absolute Gasteiger partial charge is 0.0991 e. The Morgan fingerprint density at radius 1 is 1.13 bits per heavy atom. The number of nitriles is 1. The molecule has 1 aromatic rings. The van der Waals surface area contributed by atoms with Gasteiger partial charge in [-0.2, -0.15) is 5.26 Å². The molecule has 0 aromatic heterocycles. The van der Waals surface area contributed by atoms with E-state index in [0.717, 1.165) is 31.1 Å². The third kappa shape index (κ3) is 6.20. The van der Waals surface area contributed by atoms with Crippen LogP contribution in [0.2, 0.25) is 0 Å². The van der Waals surface area contributed by atoms with E-state index in [-0.39, 0.29) is 0 Å². The summed E-state index contributed by atoms with van der Waals surface area (Å²) in [5, 5.41) is 8.87. The number of hydrogen-bond acceptors (Lipinski definition) is 2. The highest BCUT2D eigenvalue weighted by atomic mass is 16.5. The highest BCUT2D eigenvalue weighted by Crippen LogP contribution is 2.37. The monoisotopic (exact) mass is 311 g/mol. The van der Waals surface area contributed by atoms with Crippen LogP contribution in [0, 0.1) is 17.2 Å². The van der Waals surface area contributed by atoms with Crippen molar-refractivity contribution in [2.45, 2.75) is 57.8 Å². The number of nitrogens with zero attached hydrogens (tertiary/aromatic N) is 1. The maximum Gasteiger partial charge on any atom is 0.0991 e. The summed E-state index contributed by atoms with van der Waals surface area (Å²) < 4.78 is 5.63. The van der Waals surface area contributed by atoms with Gasteiger partial charge in [0.2, 0.25) is 0 Å². The minimum Gasteiger partial charge on any atom is -0.377 e. The van der Waals surface area contributed by atoms with Crippen molar-refractivity contribution >= 4 is 0 Å². The fraction of sp³-hybridized carbons (Fsp3) is 0.571. The lowest BCUT2D eigenvalue weighted by Gasteiger charge is -2.28. The van der Waals surface area contributed by atoms with E-state index in [2.05, 4.69) is 37.3 Å². The second-order valence-electron chi connectivity index (χ2n) is 6.55. The average Bonchev–Trinajstić information content (AvgIpc) is 2.61. The first-order valence-corrected chi connectivity index (χ1v) is 9.06. The van der Waals surface area contributed by atoms with E-state index in [4.69, 9.17) is 10.00 Å². The molecule has 2 nitrogen and oxygen atoms in total. The summed E-state index contributed by atoms with van der Waals surface area (Å²) >= 11 is 0. The minimum atomic E-state index is 0.689. The first kappa shape index (κ1) is 17.8. The van der Waals surface area contributed by atoms with Crippen LogP contribution in [0.3, 0.4) is 0 Å². The molecule has 1 aromatic carbocycles. The molecule has 1 aliphatic carbocycles. The van der Waals surface area contributed by atoms with Crippen molar-refractivity contribution in [1.82, 2.24) is 0 Å². The van der Waals surface area contributed by atoms with Gasteiger partial charge in [0.05, 0.1) is 18.2 Å². The molecule has 1 saturated carbocycles. The van der Waals surface area contributed by atoms with Crippen LogP contribution in [0.1, 0.15) is 68.9 Å². The molecule has 0 atom stereocenters. The molecule has 0 radical (unpaired) electrons. The second-order valence-corrected chi connectivity index (χ2v) is 6.55. The van der Waals surface area contributed by atoms with Crippen molar-refractivity contribution < 1.29 is 4.74 Å². The molecule has 1 aliphatic rings. The highest BCUT2D eigenvalue weighted by Gasteiger charge is 2.21. The van der Waals surface area contributed by atoms with Gasteiger partial charge in [-0.15, -0.1) is 0 Å². The molecule has 0 aliphatic heterocycles. The third-order valence-electron chi connectivity index (χ3n) is 4.88. The molecular weight excluding hydrogens is 282 g/mol. The van der Waals surface area contributed by atoms with Crippen LogP contribution < -0.4 is 0 Å². The van der Waals surface area contributed by atoms with Gasteiger partial charge >= 0.3 is 0 Å². The molecule has 2 heteroatoms. The van der Waals surface area contributed by atoms with E-state index in [1.54, 1.807) is 0 Å². The largest absolute Gasteiger partial charge is 0.377 e. The van der Waals surface area contributed by atoms with Gasteiger partial charge in [-0.1, -0.05) is 31.2 Å². The summed E-state index contributed by atoms with van der Waals surface area (Å²) in [7, 11) is 0. The van der Waals surface area contributed by atoms with Crippen molar-refractivity contribution in [2.24, 2.45) is 5.92 Å². The molecule has 0 bridgehead atoms. The molecule has 0 heterocycles. The van der Waals surface area contributed by atoms with Gasteiger partial charge < -0.3 is 4.74 Å². The van der Waals surface area contributed by atoms with Crippen LogP contribution in [0.5, 0.6) is 0 Å². The van der Waals surface area contributed by atoms with Gasteiger partial charge in [-0.3, -0.25) is 0 Å². The summed E-state index contributed by atoms with van der Waals surface area (Å²) in [6, 6.07) is 10.4. The quantitative estimate of drug-likeness (QED) is 0.463. The predicted molar refractivity (Wildman–Crippen MR) is 95.3 cm³/mol. The zero-order valence-electron chi connectivity index (χ0n) is 14.3. The molecule has 0 N–H and O–H groups in total. The van der Waals surface area contributed by atoms with Crippen LogP contribution in [-0.4, -0.2) is 13.2 Å². The van der Waals surface area contributed by atoms with Gasteiger partial charge in [0.15, 0.2) is 0 Å². The van der Waals surface area contributed by atoms with E-state index in [0.29, 0.717) is 5.92 Å². The van der Waals surface area contributed by atoms with Crippen molar-refractivity contribution in [3.8, 4) is 6.07 Å². The number of rotatable bonds is 8. The summed E-state index contributed by atoms with van der Waals surface area (Å²) in [6.07, 6.45) is 13.1. The van der Waals surface area contributed by atoms with E-state index in [9.17, 15) is 0 Å². The summed E-state index contributed by atoms with van der Waals surface area (Å²) in [5.74, 6) is 1.56. The van der Waals surface area contributed by atoms with Gasteiger partial charge in [-0.25, -0.2) is 0 Å². The Labute approximate surface area is 141 Å². The number of ether oxygens (including phenoxy) is 1. The Morgan fingerprint density at radius 2 is 1.87 bits per heavy atom. The van der Waals surface area contributed by atoms with E-state index in [1.807, 2.05) is 12.1 Å². The van der Waals surface area contributed by atoms with Crippen molar-refractivity contribution in [2.75, 3.05) is 13.2 Å². The molecule has 0 saturated heterocycles. The van der Waals surface area contributed by atoms with Crippen LogP contribution in [0.25, 0.3) is 0 Å². The average molecular weight is 311 g/mol. The molecule has 124 valence electrons. The molecular formula is C21H29NO. The number of allylic oxidation sites excluding steroid dienone is 1. The Morgan fingerprint density at radius 3 is 2.52 bits per heavy atom. The number of benzene rings is 1. The normalized spacial score (nSPS) is 21.4. The molecule has 2 rings (SSSR count). The fourth-order valence-electron chi connectivity index (χ4n) is 3.47. The molecule has 0 spiro atoms.